The van der Waals surface area contributed by atoms with Crippen molar-refractivity contribution in [2.45, 2.75) is 44.7 Å². The lowest BCUT2D eigenvalue weighted by molar-refractivity contribution is -0.940. The molecule has 1 atom stereocenters. The summed E-state index contributed by atoms with van der Waals surface area (Å²) < 4.78 is 5.97. The number of H-pyrrole nitrogens is 1. The quantitative estimate of drug-likeness (QED) is 0.686. The molecule has 1 fully saturated rings. The number of nitrogens with zero attached hydrogens (tertiary/aromatic N) is 1. The largest absolute Gasteiger partial charge is 0.488 e. The summed E-state index contributed by atoms with van der Waals surface area (Å²) in [6.45, 7) is 2.70. The molecule has 4 nitrogen and oxygen atoms in total. The lowest BCUT2D eigenvalue weighted by atomic mass is 9.94. The maximum atomic E-state index is 5.97. The molecule has 1 aromatic heterocycles. The smallest absolute Gasteiger partial charge is 0.162 e. The molecule has 0 spiro atoms. The molecule has 1 aliphatic carbocycles. The number of ether oxygens (including phenoxy) is 1. The molecule has 1 heterocycles. The molecule has 4 rings (SSSR count). The highest BCUT2D eigenvalue weighted by atomic mass is 16.5. The summed E-state index contributed by atoms with van der Waals surface area (Å²) in [5, 5.41) is 0. The first-order valence-corrected chi connectivity index (χ1v) is 9.84. The zero-order valence-electron chi connectivity index (χ0n) is 15.3. The van der Waals surface area contributed by atoms with E-state index >= 15 is 0 Å². The van der Waals surface area contributed by atoms with Crippen LogP contribution in [0.1, 0.15) is 37.9 Å². The summed E-state index contributed by atoms with van der Waals surface area (Å²) in [5.74, 6) is 2.05. The van der Waals surface area contributed by atoms with Crippen LogP contribution in [0.5, 0.6) is 5.75 Å². The summed E-state index contributed by atoms with van der Waals surface area (Å²) >= 11 is 0. The van der Waals surface area contributed by atoms with Gasteiger partial charge in [-0.1, -0.05) is 36.8 Å². The van der Waals surface area contributed by atoms with Crippen LogP contribution in [0.2, 0.25) is 0 Å². The Bertz CT molecular complexity index is 775. The minimum atomic E-state index is 0.719. The molecule has 0 amide bonds. The molecular formula is C22H28N3O+. The van der Waals surface area contributed by atoms with E-state index in [2.05, 4.69) is 23.2 Å². The van der Waals surface area contributed by atoms with E-state index in [-0.39, 0.29) is 0 Å². The maximum Gasteiger partial charge on any atom is 0.162 e. The second-order valence-corrected chi connectivity index (χ2v) is 7.28. The number of hydrogen-bond donors (Lipinski definition) is 2. The highest BCUT2D eigenvalue weighted by molar-refractivity contribution is 5.74. The van der Waals surface area contributed by atoms with Gasteiger partial charge in [-0.2, -0.15) is 0 Å². The molecule has 0 bridgehead atoms. The molecule has 2 aromatic carbocycles. The van der Waals surface area contributed by atoms with Gasteiger partial charge in [-0.15, -0.1) is 0 Å². The van der Waals surface area contributed by atoms with Gasteiger partial charge in [-0.05, 0) is 49.9 Å². The number of nitrogens with one attached hydrogen (secondary N) is 2. The topological polar surface area (TPSA) is 42.4 Å². The first-order valence-electron chi connectivity index (χ1n) is 9.84. The number of fused-ring (bicyclic) bond motifs is 1. The highest BCUT2D eigenvalue weighted by Crippen LogP contribution is 2.16. The molecule has 4 heteroatoms. The van der Waals surface area contributed by atoms with Crippen LogP contribution >= 0.6 is 0 Å². The molecule has 2 N–H and O–H groups in total. The Balaban J connectivity index is 1.43. The molecule has 26 heavy (non-hydrogen) atoms. The summed E-state index contributed by atoms with van der Waals surface area (Å²) in [6.07, 6.45) is 6.73. The van der Waals surface area contributed by atoms with E-state index in [1.807, 2.05) is 36.4 Å². The molecule has 0 radical (unpaired) electrons. The minimum absolute atomic E-state index is 0.719. The first-order chi connectivity index (χ1) is 12.9. The Kier molecular flexibility index (Phi) is 5.50. The van der Waals surface area contributed by atoms with Gasteiger partial charge < -0.3 is 14.6 Å². The third-order valence-electron chi connectivity index (χ3n) is 5.45. The van der Waals surface area contributed by atoms with Gasteiger partial charge in [0.15, 0.2) is 5.82 Å². The fraction of sp³-hybridized carbons (Fsp3) is 0.409. The fourth-order valence-corrected chi connectivity index (χ4v) is 4.07. The van der Waals surface area contributed by atoms with E-state index in [0.717, 1.165) is 48.3 Å². The predicted molar refractivity (Wildman–Crippen MR) is 104 cm³/mol. The minimum Gasteiger partial charge on any atom is -0.488 e. The van der Waals surface area contributed by atoms with Crippen LogP contribution in [-0.4, -0.2) is 29.2 Å². The molecule has 1 unspecified atom stereocenters. The van der Waals surface area contributed by atoms with Crippen LogP contribution in [0.15, 0.2) is 54.6 Å². The molecular weight excluding hydrogens is 322 g/mol. The second kappa shape index (κ2) is 8.37. The summed E-state index contributed by atoms with van der Waals surface area (Å²) in [7, 11) is 0. The van der Waals surface area contributed by atoms with Crippen LogP contribution in [0.3, 0.4) is 0 Å². The lowest BCUT2D eigenvalue weighted by Gasteiger charge is -2.30. The highest BCUT2D eigenvalue weighted by Gasteiger charge is 2.25. The first kappa shape index (κ1) is 17.1. The van der Waals surface area contributed by atoms with Crippen molar-refractivity contribution in [3.05, 3.63) is 60.4 Å². The number of hydrogen-bond acceptors (Lipinski definition) is 2. The Labute approximate surface area is 155 Å². The van der Waals surface area contributed by atoms with Crippen LogP contribution in [-0.2, 0) is 6.54 Å². The third-order valence-corrected chi connectivity index (χ3v) is 5.45. The van der Waals surface area contributed by atoms with E-state index < -0.39 is 0 Å². The average molecular weight is 350 g/mol. The number of para-hydroxylation sites is 3. The van der Waals surface area contributed by atoms with Crippen molar-refractivity contribution in [2.75, 3.05) is 13.2 Å². The third kappa shape index (κ3) is 4.25. The van der Waals surface area contributed by atoms with E-state index in [9.17, 15) is 0 Å². The Morgan fingerprint density at radius 3 is 2.54 bits per heavy atom. The number of aromatic nitrogens is 2. The van der Waals surface area contributed by atoms with Crippen molar-refractivity contribution in [2.24, 2.45) is 0 Å². The molecule has 0 aliphatic heterocycles. The number of aromatic amines is 1. The molecule has 1 saturated carbocycles. The van der Waals surface area contributed by atoms with Crippen molar-refractivity contribution in [3.8, 4) is 5.75 Å². The number of rotatable bonds is 7. The van der Waals surface area contributed by atoms with E-state index in [0.29, 0.717) is 0 Å². The normalized spacial score (nSPS) is 16.6. The van der Waals surface area contributed by atoms with Crippen molar-refractivity contribution in [1.82, 2.24) is 9.97 Å². The number of benzene rings is 2. The summed E-state index contributed by atoms with van der Waals surface area (Å²) in [5.41, 5.74) is 2.19. The fourth-order valence-electron chi connectivity index (χ4n) is 4.07. The zero-order valence-corrected chi connectivity index (χ0v) is 15.3. The molecule has 0 saturated heterocycles. The molecule has 136 valence electrons. The monoisotopic (exact) mass is 350 g/mol. The van der Waals surface area contributed by atoms with Gasteiger partial charge in [-0.25, -0.2) is 4.98 Å². The van der Waals surface area contributed by atoms with E-state index in [1.54, 1.807) is 4.90 Å². The molecule has 3 aromatic rings. The van der Waals surface area contributed by atoms with Gasteiger partial charge in [0.1, 0.15) is 25.4 Å². The molecule has 1 aliphatic rings. The summed E-state index contributed by atoms with van der Waals surface area (Å²) in [4.78, 5) is 9.89. The Hall–Kier alpha value is -2.33. The van der Waals surface area contributed by atoms with Gasteiger partial charge in [-0.3, -0.25) is 0 Å². The van der Waals surface area contributed by atoms with Crippen LogP contribution in [0.25, 0.3) is 11.0 Å². The van der Waals surface area contributed by atoms with Crippen LogP contribution < -0.4 is 9.64 Å². The zero-order chi connectivity index (χ0) is 17.6. The second-order valence-electron chi connectivity index (χ2n) is 7.28. The van der Waals surface area contributed by atoms with E-state index in [1.165, 1.54) is 32.1 Å². The standard InChI is InChI=1S/C22H27N3O/c1-3-9-18(10-4-1)25(15-16-26-19-11-5-2-6-12-19)17-22-23-20-13-7-8-14-21(20)24-22/h2,5-8,11-14,18H,1,3-4,9-10,15-17H2,(H,23,24)/p+1. The van der Waals surface area contributed by atoms with Gasteiger partial charge in [0.2, 0.25) is 0 Å². The van der Waals surface area contributed by atoms with Gasteiger partial charge in [0.25, 0.3) is 0 Å². The van der Waals surface area contributed by atoms with Crippen molar-refractivity contribution >= 4 is 11.0 Å². The van der Waals surface area contributed by atoms with Crippen molar-refractivity contribution in [3.63, 3.8) is 0 Å². The van der Waals surface area contributed by atoms with E-state index in [4.69, 9.17) is 9.72 Å². The average Bonchev–Trinajstić information content (AvgIpc) is 3.11. The van der Waals surface area contributed by atoms with Crippen LogP contribution in [0, 0.1) is 0 Å². The van der Waals surface area contributed by atoms with Crippen LogP contribution in [0.4, 0.5) is 0 Å². The summed E-state index contributed by atoms with van der Waals surface area (Å²) in [6, 6.07) is 19.1. The Morgan fingerprint density at radius 2 is 1.73 bits per heavy atom. The number of quaternary nitrogens is 1. The van der Waals surface area contributed by atoms with Gasteiger partial charge >= 0.3 is 0 Å². The van der Waals surface area contributed by atoms with Crippen molar-refractivity contribution in [1.29, 1.82) is 0 Å². The Morgan fingerprint density at radius 1 is 0.962 bits per heavy atom. The van der Waals surface area contributed by atoms with Crippen molar-refractivity contribution < 1.29 is 9.64 Å². The van der Waals surface area contributed by atoms with Gasteiger partial charge in [0, 0.05) is 0 Å². The predicted octanol–water partition coefficient (Wildman–Crippen LogP) is 3.36. The maximum absolute atomic E-state index is 5.97. The SMILES string of the molecule is c1ccc(OCC[NH+](Cc2nc3ccccc3[nH]2)C2CCCCC2)cc1. The van der Waals surface area contributed by atoms with Gasteiger partial charge in [0.05, 0.1) is 17.1 Å². The number of imidazole rings is 1. The lowest BCUT2D eigenvalue weighted by Crippen LogP contribution is -3.15.